The highest BCUT2D eigenvalue weighted by Gasteiger charge is 2.38. The standard InChI is InChI=1S/C21H20N4O3S/c1-21(2)9-14-8-15-16(10-22)19(29-17(15)12-25(14)20(27)28-21)24-18(26)6-5-13-4-3-7-23-11-13/h3-4,7,9,11H,5-6,8,12H2,1-2H3,(H,24,26). The van der Waals surface area contributed by atoms with Crippen LogP contribution in [-0.4, -0.2) is 27.5 Å². The van der Waals surface area contributed by atoms with E-state index in [0.29, 0.717) is 36.4 Å². The average molecular weight is 408 g/mol. The topological polar surface area (TPSA) is 95.3 Å². The normalized spacial score (nSPS) is 16.8. The number of cyclic esters (lactones) is 1. The maximum Gasteiger partial charge on any atom is 0.415 e. The second-order valence-electron chi connectivity index (χ2n) is 7.60. The molecule has 1 N–H and O–H groups in total. The number of ether oxygens (including phenoxy) is 1. The Bertz CT molecular complexity index is 1050. The van der Waals surface area contributed by atoms with Crippen molar-refractivity contribution in [3.05, 3.63) is 57.9 Å². The van der Waals surface area contributed by atoms with Crippen molar-refractivity contribution in [2.75, 3.05) is 5.32 Å². The first-order valence-corrected chi connectivity index (χ1v) is 10.1. The minimum Gasteiger partial charge on any atom is -0.439 e. The molecule has 0 atom stereocenters. The van der Waals surface area contributed by atoms with Gasteiger partial charge in [-0.05, 0) is 43.5 Å². The maximum absolute atomic E-state index is 12.4. The zero-order valence-corrected chi connectivity index (χ0v) is 17.0. The lowest BCUT2D eigenvalue weighted by atomic mass is 9.96. The Hall–Kier alpha value is -3.18. The van der Waals surface area contributed by atoms with Crippen molar-refractivity contribution in [1.29, 1.82) is 5.26 Å². The van der Waals surface area contributed by atoms with Gasteiger partial charge in [-0.3, -0.25) is 14.7 Å². The number of rotatable bonds is 4. The summed E-state index contributed by atoms with van der Waals surface area (Å²) in [7, 11) is 0. The number of nitrogens with zero attached hydrogens (tertiary/aromatic N) is 3. The first-order valence-electron chi connectivity index (χ1n) is 9.32. The number of hydrogen-bond acceptors (Lipinski definition) is 6. The summed E-state index contributed by atoms with van der Waals surface area (Å²) in [5.74, 6) is -0.151. The Kier molecular flexibility index (Phi) is 4.84. The maximum atomic E-state index is 12.4. The van der Waals surface area contributed by atoms with Crippen LogP contribution in [0.15, 0.2) is 36.3 Å². The van der Waals surface area contributed by atoms with Crippen LogP contribution >= 0.6 is 11.3 Å². The van der Waals surface area contributed by atoms with Crippen molar-refractivity contribution in [3.63, 3.8) is 0 Å². The van der Waals surface area contributed by atoms with Gasteiger partial charge in [0, 0.05) is 35.8 Å². The summed E-state index contributed by atoms with van der Waals surface area (Å²) >= 11 is 1.35. The minimum absolute atomic E-state index is 0.151. The van der Waals surface area contributed by atoms with Gasteiger partial charge in [-0.1, -0.05) is 6.07 Å². The minimum atomic E-state index is -0.674. The monoisotopic (exact) mass is 408 g/mol. The third-order valence-corrected chi connectivity index (χ3v) is 6.04. The van der Waals surface area contributed by atoms with Crippen LogP contribution in [0.5, 0.6) is 0 Å². The number of pyridine rings is 1. The van der Waals surface area contributed by atoms with Gasteiger partial charge in [-0.25, -0.2) is 4.79 Å². The highest BCUT2D eigenvalue weighted by atomic mass is 32.1. The van der Waals surface area contributed by atoms with Crippen molar-refractivity contribution >= 4 is 28.3 Å². The molecule has 148 valence electrons. The fraction of sp³-hybridized carbons (Fsp3) is 0.333. The number of fused-ring (bicyclic) bond motifs is 2. The molecular weight excluding hydrogens is 388 g/mol. The van der Waals surface area contributed by atoms with Gasteiger partial charge < -0.3 is 10.1 Å². The van der Waals surface area contributed by atoms with Crippen molar-refractivity contribution in [2.24, 2.45) is 0 Å². The second-order valence-corrected chi connectivity index (χ2v) is 8.70. The van der Waals surface area contributed by atoms with E-state index in [1.165, 1.54) is 11.3 Å². The van der Waals surface area contributed by atoms with Crippen LogP contribution in [-0.2, 0) is 28.9 Å². The number of amides is 2. The summed E-state index contributed by atoms with van der Waals surface area (Å²) < 4.78 is 5.44. The number of anilines is 1. The van der Waals surface area contributed by atoms with E-state index in [2.05, 4.69) is 16.4 Å². The van der Waals surface area contributed by atoms with Gasteiger partial charge >= 0.3 is 6.09 Å². The van der Waals surface area contributed by atoms with Crippen molar-refractivity contribution in [1.82, 2.24) is 9.88 Å². The zero-order valence-electron chi connectivity index (χ0n) is 16.2. The summed E-state index contributed by atoms with van der Waals surface area (Å²) in [5.41, 5.74) is 2.51. The van der Waals surface area contributed by atoms with Crippen LogP contribution in [0.3, 0.4) is 0 Å². The molecule has 7 nitrogen and oxygen atoms in total. The van der Waals surface area contributed by atoms with Gasteiger partial charge in [0.2, 0.25) is 5.91 Å². The first kappa shape index (κ1) is 19.2. The molecule has 0 aliphatic carbocycles. The fourth-order valence-corrected chi connectivity index (χ4v) is 4.74. The van der Waals surface area contributed by atoms with Gasteiger partial charge in [0.05, 0.1) is 12.1 Å². The van der Waals surface area contributed by atoms with Crippen LogP contribution in [0.25, 0.3) is 0 Å². The number of thiophene rings is 1. The molecule has 0 bridgehead atoms. The molecular formula is C21H20N4O3S. The molecule has 4 heterocycles. The number of nitriles is 1. The number of aromatic nitrogens is 1. The molecule has 2 aromatic rings. The highest BCUT2D eigenvalue weighted by molar-refractivity contribution is 7.16. The van der Waals surface area contributed by atoms with Crippen LogP contribution in [0, 0.1) is 11.3 Å². The van der Waals surface area contributed by atoms with Crippen LogP contribution in [0.1, 0.15) is 41.8 Å². The molecule has 0 saturated heterocycles. The van der Waals surface area contributed by atoms with E-state index in [9.17, 15) is 14.9 Å². The Morgan fingerprint density at radius 2 is 2.31 bits per heavy atom. The quantitative estimate of drug-likeness (QED) is 0.831. The van der Waals surface area contributed by atoms with Crippen LogP contribution in [0.4, 0.5) is 9.80 Å². The lowest BCUT2D eigenvalue weighted by Crippen LogP contribution is -2.44. The lowest BCUT2D eigenvalue weighted by Gasteiger charge is -2.38. The van der Waals surface area contributed by atoms with Crippen LogP contribution < -0.4 is 5.32 Å². The third-order valence-electron chi connectivity index (χ3n) is 4.91. The molecule has 2 amide bonds. The SMILES string of the molecule is CC1(C)C=C2Cc3c(sc(NC(=O)CCc4cccnc4)c3C#N)CN2C(=O)O1. The lowest BCUT2D eigenvalue weighted by molar-refractivity contribution is -0.116. The van der Waals surface area contributed by atoms with Crippen LogP contribution in [0.2, 0.25) is 0 Å². The summed E-state index contributed by atoms with van der Waals surface area (Å²) in [4.78, 5) is 31.3. The van der Waals surface area contributed by atoms with E-state index in [1.54, 1.807) is 17.3 Å². The molecule has 8 heteroatoms. The predicted molar refractivity (Wildman–Crippen MR) is 108 cm³/mol. The van der Waals surface area contributed by atoms with Gasteiger partial charge in [0.25, 0.3) is 0 Å². The van der Waals surface area contributed by atoms with Gasteiger partial charge in [0.1, 0.15) is 16.7 Å². The molecule has 2 aromatic heterocycles. The summed E-state index contributed by atoms with van der Waals surface area (Å²) in [6.07, 6.45) is 6.32. The second kappa shape index (κ2) is 7.33. The molecule has 0 spiro atoms. The fourth-order valence-electron chi connectivity index (χ4n) is 3.57. The number of nitrogens with one attached hydrogen (secondary N) is 1. The first-order chi connectivity index (χ1) is 13.9. The van der Waals surface area contributed by atoms with E-state index >= 15 is 0 Å². The van der Waals surface area contributed by atoms with E-state index < -0.39 is 5.60 Å². The summed E-state index contributed by atoms with van der Waals surface area (Å²) in [6.45, 7) is 4.01. The van der Waals surface area contributed by atoms with Gasteiger partial charge in [-0.2, -0.15) is 5.26 Å². The Morgan fingerprint density at radius 3 is 3.03 bits per heavy atom. The van der Waals surface area contributed by atoms with E-state index in [1.807, 2.05) is 32.1 Å². The number of aryl methyl sites for hydroxylation is 1. The van der Waals surface area contributed by atoms with Crippen molar-refractivity contribution in [3.8, 4) is 6.07 Å². The smallest absolute Gasteiger partial charge is 0.415 e. The molecule has 0 saturated carbocycles. The molecule has 0 fully saturated rings. The van der Waals surface area contributed by atoms with Gasteiger partial charge in [-0.15, -0.1) is 11.3 Å². The molecule has 29 heavy (non-hydrogen) atoms. The molecule has 0 aromatic carbocycles. The third kappa shape index (κ3) is 3.87. The average Bonchev–Trinajstić information content (AvgIpc) is 3.01. The van der Waals surface area contributed by atoms with Gasteiger partial charge in [0.15, 0.2) is 0 Å². The molecule has 0 radical (unpaired) electrons. The Balaban J connectivity index is 1.53. The molecule has 4 rings (SSSR count). The highest BCUT2D eigenvalue weighted by Crippen LogP contribution is 2.41. The summed E-state index contributed by atoms with van der Waals surface area (Å²) in [5, 5.41) is 13.1. The molecule has 0 unspecified atom stereocenters. The Morgan fingerprint density at radius 1 is 1.48 bits per heavy atom. The van der Waals surface area contributed by atoms with Crippen molar-refractivity contribution < 1.29 is 14.3 Å². The Labute approximate surface area is 172 Å². The van der Waals surface area contributed by atoms with E-state index in [4.69, 9.17) is 4.74 Å². The largest absolute Gasteiger partial charge is 0.439 e. The van der Waals surface area contributed by atoms with E-state index in [0.717, 1.165) is 21.7 Å². The number of hydrogen-bond donors (Lipinski definition) is 1. The number of allylic oxidation sites excluding steroid dienone is 1. The zero-order chi connectivity index (χ0) is 20.6. The number of carbonyl (C=O) groups excluding carboxylic acids is 2. The molecule has 2 aliphatic rings. The number of carbonyl (C=O) groups is 2. The predicted octanol–water partition coefficient (Wildman–Crippen LogP) is 3.76. The molecule has 2 aliphatic heterocycles. The van der Waals surface area contributed by atoms with E-state index in [-0.39, 0.29) is 12.0 Å². The summed E-state index contributed by atoms with van der Waals surface area (Å²) in [6, 6.07) is 6.00. The van der Waals surface area contributed by atoms with Crippen molar-refractivity contribution in [2.45, 2.75) is 45.3 Å².